The SMILES string of the molecule is CCCCCCSc1nnc(N2C(=O)N(C)CC2OC(=O)Nc2ccc(Br)cc2)s1. The molecular weight excluding hydrogens is 490 g/mol. The molecule has 3 rings (SSSR count). The number of ether oxygens (including phenoxy) is 1. The van der Waals surface area contributed by atoms with Gasteiger partial charge in [-0.1, -0.05) is 65.2 Å². The lowest BCUT2D eigenvalue weighted by atomic mass is 10.2. The Bertz CT molecular complexity index is 864. The lowest BCUT2D eigenvalue weighted by Crippen LogP contribution is -2.38. The van der Waals surface area contributed by atoms with Crippen molar-refractivity contribution in [1.82, 2.24) is 15.1 Å². The standard InChI is InChI=1S/C19H24BrN5O3S2/c1-3-4-5-6-11-29-18-23-22-16(30-18)25-15(12-24(2)19(25)27)28-17(26)21-14-9-7-13(20)8-10-14/h7-10,15H,3-6,11-12H2,1-2H3,(H,21,26). The number of halogens is 1. The predicted octanol–water partition coefficient (Wildman–Crippen LogP) is 5.42. The first-order chi connectivity index (χ1) is 14.5. The van der Waals surface area contributed by atoms with Gasteiger partial charge >= 0.3 is 12.1 Å². The maximum Gasteiger partial charge on any atom is 0.413 e. The highest BCUT2D eigenvalue weighted by Crippen LogP contribution is 2.32. The molecule has 1 unspecified atom stereocenters. The molecule has 2 heterocycles. The van der Waals surface area contributed by atoms with Crippen LogP contribution in [0, 0.1) is 0 Å². The highest BCUT2D eigenvalue weighted by molar-refractivity contribution is 9.10. The second kappa shape index (κ2) is 11.0. The molecule has 3 amide bonds. The number of carbonyl (C=O) groups excluding carboxylic acids is 2. The van der Waals surface area contributed by atoms with Crippen molar-refractivity contribution in [3.8, 4) is 0 Å². The normalized spacial score (nSPS) is 16.2. The molecule has 1 aliphatic rings. The van der Waals surface area contributed by atoms with E-state index in [-0.39, 0.29) is 12.6 Å². The van der Waals surface area contributed by atoms with E-state index in [1.54, 1.807) is 30.9 Å². The lowest BCUT2D eigenvalue weighted by molar-refractivity contribution is 0.116. The average Bonchev–Trinajstić information content (AvgIpc) is 3.28. The van der Waals surface area contributed by atoms with Crippen LogP contribution in [-0.2, 0) is 4.74 Å². The molecule has 30 heavy (non-hydrogen) atoms. The Kier molecular flexibility index (Phi) is 8.34. The number of nitrogens with one attached hydrogen (secondary N) is 1. The Balaban J connectivity index is 1.60. The summed E-state index contributed by atoms with van der Waals surface area (Å²) in [4.78, 5) is 27.8. The van der Waals surface area contributed by atoms with Crippen LogP contribution in [0.5, 0.6) is 0 Å². The maximum absolute atomic E-state index is 12.6. The molecule has 1 aliphatic heterocycles. The molecule has 0 aliphatic carbocycles. The maximum atomic E-state index is 12.6. The number of thioether (sulfide) groups is 1. The van der Waals surface area contributed by atoms with E-state index < -0.39 is 12.3 Å². The Morgan fingerprint density at radius 2 is 2.07 bits per heavy atom. The van der Waals surface area contributed by atoms with Gasteiger partial charge in [-0.05, 0) is 30.7 Å². The van der Waals surface area contributed by atoms with Crippen molar-refractivity contribution in [3.63, 3.8) is 0 Å². The van der Waals surface area contributed by atoms with Gasteiger partial charge in [-0.15, -0.1) is 10.2 Å². The number of hydrogen-bond acceptors (Lipinski definition) is 7. The van der Waals surface area contributed by atoms with Crippen molar-refractivity contribution in [2.75, 3.05) is 29.6 Å². The Labute approximate surface area is 192 Å². The van der Waals surface area contributed by atoms with Crippen molar-refractivity contribution in [2.24, 2.45) is 0 Å². The van der Waals surface area contributed by atoms with E-state index in [2.05, 4.69) is 38.4 Å². The van der Waals surface area contributed by atoms with Crippen LogP contribution in [-0.4, -0.2) is 52.8 Å². The summed E-state index contributed by atoms with van der Waals surface area (Å²) in [5.41, 5.74) is 0.602. The van der Waals surface area contributed by atoms with Gasteiger partial charge in [-0.3, -0.25) is 5.32 Å². The summed E-state index contributed by atoms with van der Waals surface area (Å²) in [6.45, 7) is 2.44. The van der Waals surface area contributed by atoms with E-state index in [1.807, 2.05) is 12.1 Å². The molecule has 1 saturated heterocycles. The van der Waals surface area contributed by atoms with E-state index in [1.165, 1.54) is 40.4 Å². The molecule has 2 aromatic rings. The van der Waals surface area contributed by atoms with Crippen LogP contribution in [0.1, 0.15) is 32.6 Å². The van der Waals surface area contributed by atoms with Crippen molar-refractivity contribution < 1.29 is 14.3 Å². The second-order valence-electron chi connectivity index (χ2n) is 6.78. The minimum Gasteiger partial charge on any atom is -0.423 e. The molecule has 0 saturated carbocycles. The number of hydrogen-bond donors (Lipinski definition) is 1. The molecule has 1 atom stereocenters. The van der Waals surface area contributed by atoms with Crippen LogP contribution in [0.4, 0.5) is 20.4 Å². The Morgan fingerprint density at radius 1 is 1.30 bits per heavy atom. The summed E-state index contributed by atoms with van der Waals surface area (Å²) in [6.07, 6.45) is 3.36. The number of anilines is 2. The number of likely N-dealkylation sites (N-methyl/N-ethyl adjacent to an activating group) is 1. The van der Waals surface area contributed by atoms with Gasteiger partial charge in [-0.2, -0.15) is 0 Å². The monoisotopic (exact) mass is 513 g/mol. The molecule has 0 spiro atoms. The van der Waals surface area contributed by atoms with E-state index in [9.17, 15) is 9.59 Å². The third-order valence-electron chi connectivity index (χ3n) is 4.41. The van der Waals surface area contributed by atoms with Crippen LogP contribution >= 0.6 is 39.0 Å². The Hall–Kier alpha value is -1.85. The first-order valence-corrected chi connectivity index (χ1v) is 12.3. The molecule has 1 aromatic heterocycles. The van der Waals surface area contributed by atoms with Crippen LogP contribution < -0.4 is 10.2 Å². The molecule has 0 bridgehead atoms. The summed E-state index contributed by atoms with van der Waals surface area (Å²) in [6, 6.07) is 6.87. The van der Waals surface area contributed by atoms with Gasteiger partial charge in [0, 0.05) is 23.0 Å². The molecule has 11 heteroatoms. The third kappa shape index (κ3) is 6.08. The fraction of sp³-hybridized carbons (Fsp3) is 0.474. The summed E-state index contributed by atoms with van der Waals surface area (Å²) >= 11 is 6.33. The summed E-state index contributed by atoms with van der Waals surface area (Å²) < 4.78 is 7.24. The molecule has 162 valence electrons. The van der Waals surface area contributed by atoms with Gasteiger partial charge in [-0.25, -0.2) is 14.5 Å². The predicted molar refractivity (Wildman–Crippen MR) is 123 cm³/mol. The number of nitrogens with zero attached hydrogens (tertiary/aromatic N) is 4. The number of benzene rings is 1. The molecule has 0 radical (unpaired) electrons. The van der Waals surface area contributed by atoms with Gasteiger partial charge in [0.25, 0.3) is 0 Å². The molecule has 1 fully saturated rings. The highest BCUT2D eigenvalue weighted by atomic mass is 79.9. The van der Waals surface area contributed by atoms with E-state index in [0.29, 0.717) is 10.8 Å². The number of carbonyl (C=O) groups is 2. The zero-order valence-corrected chi connectivity index (χ0v) is 20.1. The zero-order valence-electron chi connectivity index (χ0n) is 16.8. The molecule has 1 N–H and O–H groups in total. The van der Waals surface area contributed by atoms with Crippen LogP contribution in [0.2, 0.25) is 0 Å². The summed E-state index contributed by atoms with van der Waals surface area (Å²) in [5, 5.41) is 11.4. The number of rotatable bonds is 9. The van der Waals surface area contributed by atoms with Gasteiger partial charge < -0.3 is 9.64 Å². The van der Waals surface area contributed by atoms with Crippen molar-refractivity contribution >= 4 is 62.0 Å². The number of urea groups is 1. The average molecular weight is 514 g/mol. The van der Waals surface area contributed by atoms with Crippen molar-refractivity contribution in [2.45, 2.75) is 43.2 Å². The highest BCUT2D eigenvalue weighted by Gasteiger charge is 2.41. The topological polar surface area (TPSA) is 87.7 Å². The van der Waals surface area contributed by atoms with E-state index in [0.717, 1.165) is 21.0 Å². The van der Waals surface area contributed by atoms with Gasteiger partial charge in [0.15, 0.2) is 4.34 Å². The molecule has 1 aromatic carbocycles. The first-order valence-electron chi connectivity index (χ1n) is 9.71. The zero-order chi connectivity index (χ0) is 21.5. The van der Waals surface area contributed by atoms with Crippen LogP contribution in [0.3, 0.4) is 0 Å². The van der Waals surface area contributed by atoms with Crippen LogP contribution in [0.15, 0.2) is 33.1 Å². The number of amides is 3. The van der Waals surface area contributed by atoms with Crippen molar-refractivity contribution in [3.05, 3.63) is 28.7 Å². The second-order valence-corrected chi connectivity index (χ2v) is 10.00. The van der Waals surface area contributed by atoms with E-state index in [4.69, 9.17) is 4.74 Å². The van der Waals surface area contributed by atoms with Gasteiger partial charge in [0.05, 0.1) is 6.54 Å². The Morgan fingerprint density at radius 3 is 2.80 bits per heavy atom. The number of unbranched alkanes of at least 4 members (excludes halogenated alkanes) is 3. The van der Waals surface area contributed by atoms with Crippen LogP contribution in [0.25, 0.3) is 0 Å². The third-order valence-corrected chi connectivity index (χ3v) is 7.08. The van der Waals surface area contributed by atoms with Crippen molar-refractivity contribution in [1.29, 1.82) is 0 Å². The summed E-state index contributed by atoms with van der Waals surface area (Å²) in [7, 11) is 1.66. The largest absolute Gasteiger partial charge is 0.423 e. The van der Waals surface area contributed by atoms with E-state index >= 15 is 0 Å². The first kappa shape index (κ1) is 22.8. The molecule has 8 nitrogen and oxygen atoms in total. The minimum atomic E-state index is -0.770. The van der Waals surface area contributed by atoms with Gasteiger partial charge in [0.1, 0.15) is 0 Å². The fourth-order valence-electron chi connectivity index (χ4n) is 2.85. The minimum absolute atomic E-state index is 0.256. The smallest absolute Gasteiger partial charge is 0.413 e. The lowest BCUT2D eigenvalue weighted by Gasteiger charge is -2.19. The van der Waals surface area contributed by atoms with Gasteiger partial charge in [0.2, 0.25) is 11.4 Å². The quantitative estimate of drug-likeness (QED) is 0.273. The summed E-state index contributed by atoms with van der Waals surface area (Å²) in [5.74, 6) is 0.970. The number of aromatic nitrogens is 2. The molecular formula is C19H24BrN5O3S2. The fourth-order valence-corrected chi connectivity index (χ4v) is 5.06.